The summed E-state index contributed by atoms with van der Waals surface area (Å²) in [7, 11) is 0. The Kier molecular flexibility index (Phi) is 3.76. The van der Waals surface area contributed by atoms with E-state index in [4.69, 9.17) is 9.15 Å². The van der Waals surface area contributed by atoms with E-state index in [1.165, 1.54) is 19.3 Å². The van der Waals surface area contributed by atoms with E-state index < -0.39 is 5.63 Å². The molecule has 4 rings (SSSR count). The molecule has 1 aromatic heterocycles. The fourth-order valence-electron chi connectivity index (χ4n) is 4.41. The summed E-state index contributed by atoms with van der Waals surface area (Å²) < 4.78 is 10.8. The highest BCUT2D eigenvalue weighted by molar-refractivity contribution is 5.95. The first-order valence-corrected chi connectivity index (χ1v) is 8.65. The minimum Gasteiger partial charge on any atom is -0.427 e. The normalized spacial score (nSPS) is 30.0. The van der Waals surface area contributed by atoms with Crippen LogP contribution in [0.4, 0.5) is 0 Å². The lowest BCUT2D eigenvalue weighted by atomic mass is 10.0. The Balaban J connectivity index is 1.58. The summed E-state index contributed by atoms with van der Waals surface area (Å²) in [4.78, 5) is 27.1. The van der Waals surface area contributed by atoms with E-state index in [-0.39, 0.29) is 17.4 Å². The minimum atomic E-state index is -0.492. The molecular formula is C18H23NO4. The maximum Gasteiger partial charge on any atom is 0.349 e. The summed E-state index contributed by atoms with van der Waals surface area (Å²) in [5.74, 6) is 1.89. The fraction of sp³-hybridized carbons (Fsp3) is 0.667. The molecule has 0 spiro atoms. The molecule has 1 saturated carbocycles. The van der Waals surface area contributed by atoms with E-state index in [1.54, 1.807) is 0 Å². The van der Waals surface area contributed by atoms with Crippen molar-refractivity contribution in [3.05, 3.63) is 33.4 Å². The molecule has 0 aromatic carbocycles. The SMILES string of the molecule is Cc1cc(C2CCOC2)oc(=O)c1C(=O)N1C[C@H]2CCC[C@H]2C1. The van der Waals surface area contributed by atoms with Crippen molar-refractivity contribution in [3.63, 3.8) is 0 Å². The number of rotatable bonds is 2. The second-order valence-electron chi connectivity index (χ2n) is 7.22. The molecule has 0 bridgehead atoms. The molecular weight excluding hydrogens is 294 g/mol. The first-order valence-electron chi connectivity index (χ1n) is 8.65. The number of hydrogen-bond donors (Lipinski definition) is 0. The van der Waals surface area contributed by atoms with Gasteiger partial charge >= 0.3 is 5.63 Å². The van der Waals surface area contributed by atoms with Gasteiger partial charge in [-0.2, -0.15) is 0 Å². The quantitative estimate of drug-likeness (QED) is 0.840. The van der Waals surface area contributed by atoms with Crippen molar-refractivity contribution in [2.24, 2.45) is 11.8 Å². The molecule has 5 heteroatoms. The Morgan fingerprint density at radius 1 is 1.22 bits per heavy atom. The monoisotopic (exact) mass is 317 g/mol. The zero-order valence-corrected chi connectivity index (χ0v) is 13.5. The third-order valence-electron chi connectivity index (χ3n) is 5.73. The molecule has 1 aliphatic carbocycles. The van der Waals surface area contributed by atoms with Gasteiger partial charge in [0, 0.05) is 25.6 Å². The van der Waals surface area contributed by atoms with Gasteiger partial charge in [-0.3, -0.25) is 4.79 Å². The van der Waals surface area contributed by atoms with Crippen molar-refractivity contribution in [2.45, 2.75) is 38.5 Å². The molecule has 0 N–H and O–H groups in total. The number of amides is 1. The third kappa shape index (κ3) is 2.61. The second-order valence-corrected chi connectivity index (χ2v) is 7.22. The summed E-state index contributed by atoms with van der Waals surface area (Å²) >= 11 is 0. The maximum atomic E-state index is 12.8. The van der Waals surface area contributed by atoms with Crippen molar-refractivity contribution in [1.29, 1.82) is 0 Å². The summed E-state index contributed by atoms with van der Waals surface area (Å²) in [5, 5.41) is 0. The lowest BCUT2D eigenvalue weighted by Gasteiger charge is -2.18. The van der Waals surface area contributed by atoms with Crippen LogP contribution in [0.2, 0.25) is 0 Å². The number of fused-ring (bicyclic) bond motifs is 1. The summed E-state index contributed by atoms with van der Waals surface area (Å²) in [6.45, 7) is 4.71. The second kappa shape index (κ2) is 5.78. The van der Waals surface area contributed by atoms with E-state index >= 15 is 0 Å². The topological polar surface area (TPSA) is 59.8 Å². The van der Waals surface area contributed by atoms with E-state index in [2.05, 4.69) is 0 Å². The number of ether oxygens (including phenoxy) is 1. The predicted molar refractivity (Wildman–Crippen MR) is 84.6 cm³/mol. The molecule has 23 heavy (non-hydrogen) atoms. The van der Waals surface area contributed by atoms with Crippen LogP contribution in [-0.4, -0.2) is 37.1 Å². The molecule has 3 fully saturated rings. The molecule has 5 nitrogen and oxygen atoms in total. The van der Waals surface area contributed by atoms with Crippen LogP contribution in [0.25, 0.3) is 0 Å². The largest absolute Gasteiger partial charge is 0.427 e. The van der Waals surface area contributed by atoms with Crippen molar-refractivity contribution in [3.8, 4) is 0 Å². The van der Waals surface area contributed by atoms with Gasteiger partial charge in [-0.1, -0.05) is 6.42 Å². The van der Waals surface area contributed by atoms with Crippen LogP contribution in [0, 0.1) is 18.8 Å². The van der Waals surface area contributed by atoms with Crippen molar-refractivity contribution < 1.29 is 13.9 Å². The number of carbonyl (C=O) groups excluding carboxylic acids is 1. The molecule has 3 heterocycles. The lowest BCUT2D eigenvalue weighted by Crippen LogP contribution is -2.34. The van der Waals surface area contributed by atoms with Gasteiger partial charge in [-0.05, 0) is 49.7 Å². The van der Waals surface area contributed by atoms with Crippen LogP contribution in [0.1, 0.15) is 53.3 Å². The van der Waals surface area contributed by atoms with Crippen molar-refractivity contribution >= 4 is 5.91 Å². The van der Waals surface area contributed by atoms with Gasteiger partial charge in [0.2, 0.25) is 0 Å². The van der Waals surface area contributed by atoms with Crippen LogP contribution >= 0.6 is 0 Å². The molecule has 3 aliphatic rings. The van der Waals surface area contributed by atoms with Gasteiger partial charge in [0.1, 0.15) is 11.3 Å². The van der Waals surface area contributed by atoms with Crippen LogP contribution < -0.4 is 5.63 Å². The number of carbonyl (C=O) groups is 1. The highest BCUT2D eigenvalue weighted by Gasteiger charge is 2.39. The van der Waals surface area contributed by atoms with Gasteiger partial charge in [-0.25, -0.2) is 4.79 Å². The molecule has 1 amide bonds. The fourth-order valence-corrected chi connectivity index (χ4v) is 4.41. The minimum absolute atomic E-state index is 0.136. The lowest BCUT2D eigenvalue weighted by molar-refractivity contribution is 0.0774. The standard InChI is InChI=1S/C18H23NO4/c1-11-7-15(14-5-6-22-10-14)23-18(21)16(11)17(20)19-8-12-3-2-4-13(12)9-19/h7,12-14H,2-6,8-10H2,1H3/t12-,13+,14?. The van der Waals surface area contributed by atoms with Crippen LogP contribution in [0.5, 0.6) is 0 Å². The predicted octanol–water partition coefficient (Wildman–Crippen LogP) is 2.32. The Morgan fingerprint density at radius 3 is 2.57 bits per heavy atom. The third-order valence-corrected chi connectivity index (χ3v) is 5.73. The number of aryl methyl sites for hydroxylation is 1. The van der Waals surface area contributed by atoms with Gasteiger partial charge < -0.3 is 14.1 Å². The van der Waals surface area contributed by atoms with Crippen LogP contribution in [0.15, 0.2) is 15.3 Å². The van der Waals surface area contributed by atoms with Crippen LogP contribution in [-0.2, 0) is 4.74 Å². The van der Waals surface area contributed by atoms with E-state index in [1.807, 2.05) is 17.9 Å². The highest BCUT2D eigenvalue weighted by atomic mass is 16.5. The van der Waals surface area contributed by atoms with E-state index in [0.717, 1.165) is 25.1 Å². The van der Waals surface area contributed by atoms with E-state index in [0.29, 0.717) is 30.8 Å². The molecule has 0 radical (unpaired) electrons. The van der Waals surface area contributed by atoms with Gasteiger partial charge in [0.05, 0.1) is 6.61 Å². The summed E-state index contributed by atoms with van der Waals surface area (Å²) in [6, 6.07) is 1.85. The average molecular weight is 317 g/mol. The molecule has 124 valence electrons. The Labute approximate surface area is 135 Å². The highest BCUT2D eigenvalue weighted by Crippen LogP contribution is 2.38. The zero-order valence-electron chi connectivity index (χ0n) is 13.5. The number of hydrogen-bond acceptors (Lipinski definition) is 4. The van der Waals surface area contributed by atoms with Crippen molar-refractivity contribution in [2.75, 3.05) is 26.3 Å². The Morgan fingerprint density at radius 2 is 1.96 bits per heavy atom. The summed E-state index contributed by atoms with van der Waals surface area (Å²) in [6.07, 6.45) is 4.56. The molecule has 2 aliphatic heterocycles. The summed E-state index contributed by atoms with van der Waals surface area (Å²) in [5.41, 5.74) is 0.451. The maximum absolute atomic E-state index is 12.8. The molecule has 1 aromatic rings. The Bertz CT molecular complexity index is 662. The first kappa shape index (κ1) is 14.9. The Hall–Kier alpha value is -1.62. The smallest absolute Gasteiger partial charge is 0.349 e. The first-order chi connectivity index (χ1) is 11.1. The van der Waals surface area contributed by atoms with E-state index in [9.17, 15) is 9.59 Å². The average Bonchev–Trinajstić information content (AvgIpc) is 3.23. The van der Waals surface area contributed by atoms with Gasteiger partial charge in [0.25, 0.3) is 5.91 Å². The molecule has 1 unspecified atom stereocenters. The van der Waals surface area contributed by atoms with Gasteiger partial charge in [0.15, 0.2) is 0 Å². The molecule has 2 saturated heterocycles. The zero-order chi connectivity index (χ0) is 16.0. The van der Waals surface area contributed by atoms with Gasteiger partial charge in [-0.15, -0.1) is 0 Å². The number of likely N-dealkylation sites (tertiary alicyclic amines) is 1. The number of nitrogens with zero attached hydrogens (tertiary/aromatic N) is 1. The van der Waals surface area contributed by atoms with Crippen LogP contribution in [0.3, 0.4) is 0 Å². The van der Waals surface area contributed by atoms with Crippen molar-refractivity contribution in [1.82, 2.24) is 4.90 Å². The molecule has 3 atom stereocenters.